The van der Waals surface area contributed by atoms with E-state index < -0.39 is 11.9 Å². The number of benzene rings is 2. The molecule has 0 heterocycles. The SMILES string of the molecule is CCOc1cc(/C=C(\C#N)C(=O)Nc2ccc(C(=O)OC)cc2)cc(Cl)c1OC. The number of esters is 1. The first-order chi connectivity index (χ1) is 13.9. The van der Waals surface area contributed by atoms with Crippen LogP contribution in [0, 0.1) is 11.3 Å². The number of nitrogens with one attached hydrogen (secondary N) is 1. The fraction of sp³-hybridized carbons (Fsp3) is 0.190. The number of nitrogens with zero attached hydrogens (tertiary/aromatic N) is 1. The first-order valence-electron chi connectivity index (χ1n) is 8.55. The third-order valence-corrected chi connectivity index (χ3v) is 4.06. The van der Waals surface area contributed by atoms with Crippen molar-refractivity contribution in [3.05, 3.63) is 58.1 Å². The van der Waals surface area contributed by atoms with Crippen molar-refractivity contribution in [3.8, 4) is 17.6 Å². The molecule has 2 aromatic rings. The number of hydrogen-bond acceptors (Lipinski definition) is 6. The van der Waals surface area contributed by atoms with Crippen molar-refractivity contribution in [1.82, 2.24) is 0 Å². The summed E-state index contributed by atoms with van der Waals surface area (Å²) in [6.45, 7) is 2.21. The number of ether oxygens (including phenoxy) is 3. The molecule has 0 unspecified atom stereocenters. The standard InChI is InChI=1S/C21H19ClN2O5/c1-4-29-18-11-13(10-17(22)19(18)27-2)9-15(12-23)20(25)24-16-7-5-14(6-8-16)21(26)28-3/h5-11H,4H2,1-3H3,(H,24,25)/b15-9+. The van der Waals surface area contributed by atoms with E-state index >= 15 is 0 Å². The highest BCUT2D eigenvalue weighted by atomic mass is 35.5. The fourth-order valence-electron chi connectivity index (χ4n) is 2.45. The molecule has 1 amide bonds. The smallest absolute Gasteiger partial charge is 0.337 e. The van der Waals surface area contributed by atoms with Crippen LogP contribution in [-0.4, -0.2) is 32.7 Å². The van der Waals surface area contributed by atoms with E-state index in [0.29, 0.717) is 39.9 Å². The van der Waals surface area contributed by atoms with Crippen molar-refractivity contribution >= 4 is 35.2 Å². The molecule has 0 aliphatic carbocycles. The number of anilines is 1. The maximum Gasteiger partial charge on any atom is 0.337 e. The number of carbonyl (C=O) groups excluding carboxylic acids is 2. The number of carbonyl (C=O) groups is 2. The second kappa shape index (κ2) is 10.2. The van der Waals surface area contributed by atoms with Crippen molar-refractivity contribution in [2.24, 2.45) is 0 Å². The van der Waals surface area contributed by atoms with Crippen LogP contribution in [0.1, 0.15) is 22.8 Å². The molecule has 0 saturated heterocycles. The molecule has 0 aliphatic rings. The minimum Gasteiger partial charge on any atom is -0.491 e. The highest BCUT2D eigenvalue weighted by molar-refractivity contribution is 6.32. The lowest BCUT2D eigenvalue weighted by Gasteiger charge is -2.12. The average molecular weight is 415 g/mol. The van der Waals surface area contributed by atoms with Gasteiger partial charge in [-0.15, -0.1) is 0 Å². The molecule has 0 atom stereocenters. The van der Waals surface area contributed by atoms with E-state index in [0.717, 1.165) is 0 Å². The largest absolute Gasteiger partial charge is 0.491 e. The maximum absolute atomic E-state index is 12.5. The van der Waals surface area contributed by atoms with Crippen LogP contribution in [0.15, 0.2) is 42.0 Å². The Kier molecular flexibility index (Phi) is 7.63. The summed E-state index contributed by atoms with van der Waals surface area (Å²) in [5, 5.41) is 12.3. The van der Waals surface area contributed by atoms with Crippen LogP contribution in [0.2, 0.25) is 5.02 Å². The van der Waals surface area contributed by atoms with Crippen molar-refractivity contribution in [3.63, 3.8) is 0 Å². The van der Waals surface area contributed by atoms with Gasteiger partial charge in [-0.3, -0.25) is 4.79 Å². The molecular formula is C21H19ClN2O5. The molecule has 7 nitrogen and oxygen atoms in total. The summed E-state index contributed by atoms with van der Waals surface area (Å²) in [5.41, 5.74) is 1.14. The minimum absolute atomic E-state index is 0.134. The Balaban J connectivity index is 2.26. The highest BCUT2D eigenvalue weighted by Crippen LogP contribution is 2.36. The van der Waals surface area contributed by atoms with Gasteiger partial charge in [0.25, 0.3) is 5.91 Å². The Morgan fingerprint density at radius 2 is 1.90 bits per heavy atom. The van der Waals surface area contributed by atoms with Crippen LogP contribution < -0.4 is 14.8 Å². The summed E-state index contributed by atoms with van der Waals surface area (Å²) < 4.78 is 15.3. The Hall–Kier alpha value is -3.50. The number of rotatable bonds is 7. The minimum atomic E-state index is -0.608. The zero-order valence-electron chi connectivity index (χ0n) is 16.1. The molecule has 0 bridgehead atoms. The van der Waals surface area contributed by atoms with Gasteiger partial charge in [-0.25, -0.2) is 4.79 Å². The van der Waals surface area contributed by atoms with E-state index in [1.165, 1.54) is 44.6 Å². The molecule has 0 aliphatic heterocycles. The zero-order chi connectivity index (χ0) is 21.4. The van der Waals surface area contributed by atoms with Gasteiger partial charge in [0.15, 0.2) is 11.5 Å². The molecule has 0 saturated carbocycles. The van der Waals surface area contributed by atoms with Crippen LogP contribution in [0.4, 0.5) is 5.69 Å². The summed E-state index contributed by atoms with van der Waals surface area (Å²) >= 11 is 6.20. The average Bonchev–Trinajstić information content (AvgIpc) is 2.72. The fourth-order valence-corrected chi connectivity index (χ4v) is 2.75. The Morgan fingerprint density at radius 3 is 2.45 bits per heavy atom. The normalized spacial score (nSPS) is 10.7. The second-order valence-electron chi connectivity index (χ2n) is 5.66. The van der Waals surface area contributed by atoms with E-state index in [-0.39, 0.29) is 5.57 Å². The second-order valence-corrected chi connectivity index (χ2v) is 6.07. The molecular weight excluding hydrogens is 396 g/mol. The third-order valence-electron chi connectivity index (χ3n) is 3.78. The number of methoxy groups -OCH3 is 2. The van der Waals surface area contributed by atoms with Crippen molar-refractivity contribution in [2.45, 2.75) is 6.92 Å². The lowest BCUT2D eigenvalue weighted by atomic mass is 10.1. The lowest BCUT2D eigenvalue weighted by Crippen LogP contribution is -2.13. The van der Waals surface area contributed by atoms with Gasteiger partial charge in [0.05, 0.1) is 31.4 Å². The van der Waals surface area contributed by atoms with Gasteiger partial charge in [-0.1, -0.05) is 11.6 Å². The molecule has 0 spiro atoms. The quantitative estimate of drug-likeness (QED) is 0.416. The van der Waals surface area contributed by atoms with Crippen LogP contribution in [-0.2, 0) is 9.53 Å². The van der Waals surface area contributed by atoms with Gasteiger partial charge in [0, 0.05) is 5.69 Å². The van der Waals surface area contributed by atoms with E-state index in [9.17, 15) is 14.9 Å². The third kappa shape index (κ3) is 5.50. The number of amides is 1. The molecule has 29 heavy (non-hydrogen) atoms. The first-order valence-corrected chi connectivity index (χ1v) is 8.93. The molecule has 8 heteroatoms. The Bertz CT molecular complexity index is 978. The summed E-state index contributed by atoms with van der Waals surface area (Å²) in [6.07, 6.45) is 1.39. The van der Waals surface area contributed by atoms with Gasteiger partial charge < -0.3 is 19.5 Å². The molecule has 2 aromatic carbocycles. The molecule has 0 fully saturated rings. The summed E-state index contributed by atoms with van der Waals surface area (Å²) in [4.78, 5) is 23.9. The van der Waals surface area contributed by atoms with E-state index in [4.69, 9.17) is 21.1 Å². The Morgan fingerprint density at radius 1 is 1.21 bits per heavy atom. The van der Waals surface area contributed by atoms with Gasteiger partial charge >= 0.3 is 5.97 Å². The summed E-state index contributed by atoms with van der Waals surface area (Å²) in [5.74, 6) is -0.311. The summed E-state index contributed by atoms with van der Waals surface area (Å²) in [7, 11) is 2.75. The van der Waals surface area contributed by atoms with Crippen molar-refractivity contribution in [2.75, 3.05) is 26.1 Å². The van der Waals surface area contributed by atoms with E-state index in [1.807, 2.05) is 13.0 Å². The van der Waals surface area contributed by atoms with Gasteiger partial charge in [0.1, 0.15) is 11.6 Å². The van der Waals surface area contributed by atoms with Crippen molar-refractivity contribution < 1.29 is 23.8 Å². The number of halogens is 1. The highest BCUT2D eigenvalue weighted by Gasteiger charge is 2.14. The maximum atomic E-state index is 12.5. The van der Waals surface area contributed by atoms with Crippen LogP contribution in [0.3, 0.4) is 0 Å². The predicted molar refractivity (Wildman–Crippen MR) is 109 cm³/mol. The first kappa shape index (κ1) is 21.8. The lowest BCUT2D eigenvalue weighted by molar-refractivity contribution is -0.112. The number of hydrogen-bond donors (Lipinski definition) is 1. The van der Waals surface area contributed by atoms with E-state index in [1.54, 1.807) is 12.1 Å². The molecule has 150 valence electrons. The van der Waals surface area contributed by atoms with Gasteiger partial charge in [0.2, 0.25) is 0 Å². The zero-order valence-corrected chi connectivity index (χ0v) is 16.9. The Labute approximate surface area is 173 Å². The van der Waals surface area contributed by atoms with Crippen LogP contribution in [0.25, 0.3) is 6.08 Å². The predicted octanol–water partition coefficient (Wildman–Crippen LogP) is 4.08. The molecule has 0 aromatic heterocycles. The molecule has 1 N–H and O–H groups in total. The summed E-state index contributed by atoms with van der Waals surface area (Å²) in [6, 6.07) is 11.2. The van der Waals surface area contributed by atoms with E-state index in [2.05, 4.69) is 10.1 Å². The van der Waals surface area contributed by atoms with Crippen LogP contribution in [0.5, 0.6) is 11.5 Å². The topological polar surface area (TPSA) is 97.7 Å². The number of nitriles is 1. The van der Waals surface area contributed by atoms with Crippen molar-refractivity contribution in [1.29, 1.82) is 5.26 Å². The van der Waals surface area contributed by atoms with Crippen LogP contribution >= 0.6 is 11.6 Å². The van der Waals surface area contributed by atoms with Gasteiger partial charge in [-0.2, -0.15) is 5.26 Å². The monoisotopic (exact) mass is 414 g/mol. The molecule has 0 radical (unpaired) electrons. The van der Waals surface area contributed by atoms with Gasteiger partial charge in [-0.05, 0) is 55.0 Å². The molecule has 2 rings (SSSR count).